The smallest absolute Gasteiger partial charge is 0.248 e. The van der Waals surface area contributed by atoms with E-state index in [0.717, 1.165) is 0 Å². The van der Waals surface area contributed by atoms with Gasteiger partial charge in [-0.2, -0.15) is 0 Å². The fraction of sp³-hybridized carbons (Fsp3) is 0. The van der Waals surface area contributed by atoms with Crippen LogP contribution in [0.1, 0.15) is 15.9 Å². The largest absolute Gasteiger partial charge is 0.506 e. The highest BCUT2D eigenvalue weighted by molar-refractivity contribution is 6.64. The zero-order valence-corrected chi connectivity index (χ0v) is 8.21. The molecule has 1 aromatic carbocycles. The summed E-state index contributed by atoms with van der Waals surface area (Å²) in [6.07, 6.45) is 0. The van der Waals surface area contributed by atoms with Gasteiger partial charge in [-0.05, 0) is 18.2 Å². The average molecular weight is 224 g/mol. The van der Waals surface area contributed by atoms with Gasteiger partial charge in [0.1, 0.15) is 10.8 Å². The molecule has 2 rings (SSSR count). The molecule has 0 fully saturated rings. The van der Waals surface area contributed by atoms with Gasteiger partial charge in [0, 0.05) is 16.8 Å². The predicted octanol–water partition coefficient (Wildman–Crippen LogP) is 1.50. The van der Waals surface area contributed by atoms with Crippen molar-refractivity contribution >= 4 is 34.6 Å². The summed E-state index contributed by atoms with van der Waals surface area (Å²) >= 11 is 5.51. The fourth-order valence-electron chi connectivity index (χ4n) is 1.40. The normalized spacial score (nSPS) is 15.5. The standard InChI is InChI=1S/C10H6ClNO3/c11-7-8(13)6-3-4(12)1-2-5(6)9(14)10(7)15/h1-3,13H,12H2. The van der Waals surface area contributed by atoms with Gasteiger partial charge in [-0.1, -0.05) is 11.6 Å². The van der Waals surface area contributed by atoms with E-state index in [9.17, 15) is 14.7 Å². The Hall–Kier alpha value is -1.81. The van der Waals surface area contributed by atoms with Crippen LogP contribution in [0.25, 0.3) is 5.76 Å². The number of anilines is 1. The predicted molar refractivity (Wildman–Crippen MR) is 55.6 cm³/mol. The van der Waals surface area contributed by atoms with E-state index in [1.165, 1.54) is 18.2 Å². The number of carbonyl (C=O) groups excluding carboxylic acids is 2. The molecule has 3 N–H and O–H groups in total. The number of ketones is 2. The zero-order chi connectivity index (χ0) is 11.2. The summed E-state index contributed by atoms with van der Waals surface area (Å²) in [5.74, 6) is -2.03. The van der Waals surface area contributed by atoms with Gasteiger partial charge in [-0.15, -0.1) is 0 Å². The molecule has 15 heavy (non-hydrogen) atoms. The minimum absolute atomic E-state index is 0.121. The minimum atomic E-state index is -0.897. The third kappa shape index (κ3) is 1.30. The Labute approximate surface area is 90.0 Å². The molecule has 0 amide bonds. The molecule has 0 unspecified atom stereocenters. The number of nitrogens with two attached hydrogens (primary N) is 1. The molecule has 4 nitrogen and oxygen atoms in total. The van der Waals surface area contributed by atoms with Gasteiger partial charge in [-0.3, -0.25) is 9.59 Å². The van der Waals surface area contributed by atoms with Gasteiger partial charge in [-0.25, -0.2) is 0 Å². The lowest BCUT2D eigenvalue weighted by atomic mass is 9.93. The first kappa shape index (κ1) is 9.73. The third-order valence-electron chi connectivity index (χ3n) is 2.16. The van der Waals surface area contributed by atoms with Gasteiger partial charge in [0.25, 0.3) is 0 Å². The van der Waals surface area contributed by atoms with Crippen LogP contribution in [0.4, 0.5) is 5.69 Å². The van der Waals surface area contributed by atoms with Crippen molar-refractivity contribution in [1.82, 2.24) is 0 Å². The number of nitrogen functional groups attached to an aromatic ring is 1. The molecule has 0 saturated carbocycles. The molecule has 0 bridgehead atoms. The number of hydrogen-bond donors (Lipinski definition) is 2. The molecular formula is C10H6ClNO3. The number of halogens is 1. The molecule has 1 aliphatic rings. The van der Waals surface area contributed by atoms with Gasteiger partial charge in [0.15, 0.2) is 0 Å². The van der Waals surface area contributed by atoms with E-state index in [2.05, 4.69) is 0 Å². The Kier molecular flexibility index (Phi) is 2.01. The Morgan fingerprint density at radius 2 is 1.80 bits per heavy atom. The number of aliphatic hydroxyl groups excluding tert-OH is 1. The Bertz CT molecular complexity index is 519. The highest BCUT2D eigenvalue weighted by Crippen LogP contribution is 2.30. The SMILES string of the molecule is Nc1ccc2c(c1)C(O)=C(Cl)C(=O)C2=O. The molecule has 76 valence electrons. The maximum Gasteiger partial charge on any atom is 0.248 e. The van der Waals surface area contributed by atoms with E-state index in [-0.39, 0.29) is 11.1 Å². The highest BCUT2D eigenvalue weighted by atomic mass is 35.5. The molecule has 0 spiro atoms. The van der Waals surface area contributed by atoms with E-state index >= 15 is 0 Å². The van der Waals surface area contributed by atoms with Gasteiger partial charge < -0.3 is 10.8 Å². The number of fused-ring (bicyclic) bond motifs is 1. The van der Waals surface area contributed by atoms with Crippen molar-refractivity contribution in [3.05, 3.63) is 34.4 Å². The summed E-state index contributed by atoms with van der Waals surface area (Å²) in [7, 11) is 0. The number of carbonyl (C=O) groups is 2. The number of allylic oxidation sites excluding steroid dienone is 1. The minimum Gasteiger partial charge on any atom is -0.506 e. The summed E-state index contributed by atoms with van der Waals surface area (Å²) in [5.41, 5.74) is 6.20. The van der Waals surface area contributed by atoms with E-state index < -0.39 is 22.4 Å². The monoisotopic (exact) mass is 223 g/mol. The van der Waals surface area contributed by atoms with Crippen LogP contribution in [0.2, 0.25) is 0 Å². The molecule has 5 heteroatoms. The lowest BCUT2D eigenvalue weighted by Crippen LogP contribution is -2.21. The second-order valence-corrected chi connectivity index (χ2v) is 3.50. The van der Waals surface area contributed by atoms with Crippen LogP contribution in [0.5, 0.6) is 0 Å². The first-order chi connectivity index (χ1) is 7.02. The van der Waals surface area contributed by atoms with E-state index in [4.69, 9.17) is 17.3 Å². The van der Waals surface area contributed by atoms with Crippen molar-refractivity contribution in [2.75, 3.05) is 5.73 Å². The number of Topliss-reactive ketones (excluding diaryl/α,β-unsaturated/α-hetero) is 2. The Balaban J connectivity index is 2.78. The van der Waals surface area contributed by atoms with Crippen LogP contribution < -0.4 is 5.73 Å². The van der Waals surface area contributed by atoms with Crippen molar-refractivity contribution in [3.8, 4) is 0 Å². The van der Waals surface area contributed by atoms with Gasteiger partial charge in [0.2, 0.25) is 11.6 Å². The summed E-state index contributed by atoms with van der Waals surface area (Å²) in [5, 5.41) is 9.10. The maximum absolute atomic E-state index is 11.5. The Morgan fingerprint density at radius 3 is 2.47 bits per heavy atom. The number of rotatable bonds is 0. The van der Waals surface area contributed by atoms with Crippen LogP contribution in [-0.4, -0.2) is 16.7 Å². The summed E-state index contributed by atoms with van der Waals surface area (Å²) in [6.45, 7) is 0. The van der Waals surface area contributed by atoms with E-state index in [1.54, 1.807) is 0 Å². The summed E-state index contributed by atoms with van der Waals surface area (Å²) < 4.78 is 0. The van der Waals surface area contributed by atoms with Crippen LogP contribution in [0.3, 0.4) is 0 Å². The lowest BCUT2D eigenvalue weighted by molar-refractivity contribution is -0.111. The van der Waals surface area contributed by atoms with E-state index in [1.807, 2.05) is 0 Å². The number of aliphatic hydroxyl groups is 1. The molecule has 0 saturated heterocycles. The summed E-state index contributed by atoms with van der Waals surface area (Å²) in [4.78, 5) is 22.7. The van der Waals surface area contributed by atoms with Crippen molar-refractivity contribution < 1.29 is 14.7 Å². The Morgan fingerprint density at radius 1 is 1.13 bits per heavy atom. The van der Waals surface area contributed by atoms with Crippen molar-refractivity contribution in [3.63, 3.8) is 0 Å². The fourth-order valence-corrected chi connectivity index (χ4v) is 1.59. The number of benzene rings is 1. The molecule has 1 aliphatic carbocycles. The van der Waals surface area contributed by atoms with Crippen LogP contribution in [0, 0.1) is 0 Å². The van der Waals surface area contributed by atoms with Crippen molar-refractivity contribution in [2.24, 2.45) is 0 Å². The first-order valence-corrected chi connectivity index (χ1v) is 4.48. The van der Waals surface area contributed by atoms with E-state index in [0.29, 0.717) is 5.69 Å². The second kappa shape index (κ2) is 3.10. The molecule has 0 radical (unpaired) electrons. The molecule has 1 aromatic rings. The molecular weight excluding hydrogens is 218 g/mol. The zero-order valence-electron chi connectivity index (χ0n) is 7.45. The van der Waals surface area contributed by atoms with Gasteiger partial charge >= 0.3 is 0 Å². The topological polar surface area (TPSA) is 80.4 Å². The molecule has 0 heterocycles. The summed E-state index contributed by atoms with van der Waals surface area (Å²) in [6, 6.07) is 4.28. The average Bonchev–Trinajstić information content (AvgIpc) is 2.23. The number of hydrogen-bond acceptors (Lipinski definition) is 4. The molecule has 0 atom stereocenters. The second-order valence-electron chi connectivity index (χ2n) is 3.13. The van der Waals surface area contributed by atoms with Crippen LogP contribution in [0.15, 0.2) is 23.2 Å². The lowest BCUT2D eigenvalue weighted by Gasteiger charge is -2.14. The third-order valence-corrected chi connectivity index (χ3v) is 2.51. The highest BCUT2D eigenvalue weighted by Gasteiger charge is 2.31. The maximum atomic E-state index is 11.5. The first-order valence-electron chi connectivity index (χ1n) is 4.10. The van der Waals surface area contributed by atoms with Crippen LogP contribution in [-0.2, 0) is 4.79 Å². The van der Waals surface area contributed by atoms with Crippen LogP contribution >= 0.6 is 11.6 Å². The molecule has 0 aliphatic heterocycles. The van der Waals surface area contributed by atoms with Gasteiger partial charge in [0.05, 0.1) is 0 Å². The quantitative estimate of drug-likeness (QED) is 0.516. The van der Waals surface area contributed by atoms with Crippen molar-refractivity contribution in [2.45, 2.75) is 0 Å². The van der Waals surface area contributed by atoms with Crippen molar-refractivity contribution in [1.29, 1.82) is 0 Å². The molecule has 0 aromatic heterocycles.